The molecular weight excluding hydrogens is 270 g/mol. The fraction of sp³-hybridized carbons (Fsp3) is 0.667. The first-order chi connectivity index (χ1) is 7.03. The summed E-state index contributed by atoms with van der Waals surface area (Å²) in [4.78, 5) is 1.48. The van der Waals surface area contributed by atoms with Crippen molar-refractivity contribution in [3.05, 3.63) is 20.8 Å². The average Bonchev–Trinajstić information content (AvgIpc) is 2.59. The third-order valence-corrected chi connectivity index (χ3v) is 4.21. The van der Waals surface area contributed by atoms with E-state index in [1.165, 1.54) is 21.5 Å². The van der Waals surface area contributed by atoms with Crippen LogP contribution in [0.4, 0.5) is 0 Å². The molecule has 0 fully saturated rings. The van der Waals surface area contributed by atoms with E-state index in [9.17, 15) is 0 Å². The van der Waals surface area contributed by atoms with Crippen LogP contribution in [0.2, 0.25) is 0 Å². The van der Waals surface area contributed by atoms with Gasteiger partial charge in [-0.05, 0) is 52.9 Å². The summed E-state index contributed by atoms with van der Waals surface area (Å²) in [5.41, 5.74) is 0.395. The lowest BCUT2D eigenvalue weighted by Gasteiger charge is -2.24. The topological polar surface area (TPSA) is 12.0 Å². The maximum Gasteiger partial charge on any atom is 0.0701 e. The Morgan fingerprint density at radius 1 is 1.40 bits per heavy atom. The maximum atomic E-state index is 3.50. The summed E-state index contributed by atoms with van der Waals surface area (Å²) in [5.74, 6) is 0. The van der Waals surface area contributed by atoms with Crippen LogP contribution < -0.4 is 5.32 Å². The molecule has 1 N–H and O–H groups in total. The molecule has 0 spiro atoms. The van der Waals surface area contributed by atoms with Gasteiger partial charge in [0.2, 0.25) is 0 Å². The number of nitrogens with one attached hydrogen (secondary N) is 1. The van der Waals surface area contributed by atoms with E-state index in [4.69, 9.17) is 0 Å². The third-order valence-electron chi connectivity index (χ3n) is 2.53. The van der Waals surface area contributed by atoms with Crippen molar-refractivity contribution in [3.63, 3.8) is 0 Å². The molecule has 0 atom stereocenters. The Labute approximate surface area is 105 Å². The highest BCUT2D eigenvalue weighted by Crippen LogP contribution is 2.27. The van der Waals surface area contributed by atoms with Crippen LogP contribution in [0.5, 0.6) is 0 Å². The molecule has 0 aromatic carbocycles. The largest absolute Gasteiger partial charge is 0.316 e. The van der Waals surface area contributed by atoms with Crippen LogP contribution in [-0.4, -0.2) is 13.1 Å². The number of hydrogen-bond acceptors (Lipinski definition) is 2. The normalized spacial score (nSPS) is 12.0. The van der Waals surface area contributed by atoms with Crippen LogP contribution in [0, 0.1) is 5.41 Å². The number of hydrogen-bond donors (Lipinski definition) is 1. The number of aryl methyl sites for hydroxylation is 1. The van der Waals surface area contributed by atoms with Gasteiger partial charge in [0.05, 0.1) is 3.79 Å². The lowest BCUT2D eigenvalue weighted by molar-refractivity contribution is 0.318. The van der Waals surface area contributed by atoms with Gasteiger partial charge in [-0.2, -0.15) is 0 Å². The molecule has 0 amide bonds. The van der Waals surface area contributed by atoms with Crippen molar-refractivity contribution >= 4 is 27.3 Å². The minimum atomic E-state index is 0.395. The van der Waals surface area contributed by atoms with Gasteiger partial charge in [-0.1, -0.05) is 20.8 Å². The highest BCUT2D eigenvalue weighted by atomic mass is 79.9. The van der Waals surface area contributed by atoms with Gasteiger partial charge in [0.15, 0.2) is 0 Å². The Morgan fingerprint density at radius 3 is 2.67 bits per heavy atom. The van der Waals surface area contributed by atoms with E-state index >= 15 is 0 Å². The van der Waals surface area contributed by atoms with Crippen LogP contribution in [0.15, 0.2) is 15.9 Å². The van der Waals surface area contributed by atoms with Gasteiger partial charge in [-0.25, -0.2) is 0 Å². The van der Waals surface area contributed by atoms with Gasteiger partial charge in [0.25, 0.3) is 0 Å². The molecule has 1 aromatic heterocycles. The van der Waals surface area contributed by atoms with Gasteiger partial charge >= 0.3 is 0 Å². The van der Waals surface area contributed by atoms with Crippen molar-refractivity contribution in [2.24, 2.45) is 5.41 Å². The Morgan fingerprint density at radius 2 is 2.13 bits per heavy atom. The summed E-state index contributed by atoms with van der Waals surface area (Å²) < 4.78 is 1.24. The van der Waals surface area contributed by atoms with Crippen LogP contribution >= 0.6 is 27.3 Å². The molecule has 15 heavy (non-hydrogen) atoms. The molecular formula is C12H20BrNS. The molecule has 0 radical (unpaired) electrons. The number of rotatable bonds is 6. The summed E-state index contributed by atoms with van der Waals surface area (Å²) in [7, 11) is 0. The molecule has 0 aliphatic carbocycles. The van der Waals surface area contributed by atoms with Crippen molar-refractivity contribution in [2.45, 2.75) is 33.6 Å². The first-order valence-electron chi connectivity index (χ1n) is 5.48. The summed E-state index contributed by atoms with van der Waals surface area (Å²) in [5, 5.41) is 3.42. The van der Waals surface area contributed by atoms with Crippen LogP contribution in [-0.2, 0) is 6.42 Å². The molecule has 86 valence electrons. The van der Waals surface area contributed by atoms with E-state index in [1.807, 2.05) is 11.3 Å². The van der Waals surface area contributed by atoms with Crippen molar-refractivity contribution in [1.82, 2.24) is 5.32 Å². The van der Waals surface area contributed by atoms with E-state index in [-0.39, 0.29) is 0 Å². The van der Waals surface area contributed by atoms with Gasteiger partial charge < -0.3 is 5.32 Å². The number of halogens is 1. The van der Waals surface area contributed by atoms with Crippen molar-refractivity contribution < 1.29 is 0 Å². The van der Waals surface area contributed by atoms with Crippen LogP contribution in [0.25, 0.3) is 0 Å². The smallest absolute Gasteiger partial charge is 0.0701 e. The molecule has 0 saturated carbocycles. The molecule has 0 saturated heterocycles. The first kappa shape index (κ1) is 13.2. The average molecular weight is 290 g/mol. The Balaban J connectivity index is 2.35. The summed E-state index contributed by atoms with van der Waals surface area (Å²) >= 11 is 5.35. The molecule has 0 unspecified atom stereocenters. The number of thiophene rings is 1. The second kappa shape index (κ2) is 6.02. The zero-order valence-electron chi connectivity index (χ0n) is 9.77. The summed E-state index contributed by atoms with van der Waals surface area (Å²) in [6.45, 7) is 8.99. The quantitative estimate of drug-likeness (QED) is 0.832. The third kappa shape index (κ3) is 5.14. The van der Waals surface area contributed by atoms with Gasteiger partial charge in [-0.15, -0.1) is 11.3 Å². The second-order valence-corrected chi connectivity index (χ2v) is 7.20. The lowest BCUT2D eigenvalue weighted by atomic mass is 9.87. The Hall–Kier alpha value is 0.140. The van der Waals surface area contributed by atoms with E-state index < -0.39 is 0 Å². The molecule has 1 nitrogen and oxygen atoms in total. The zero-order valence-corrected chi connectivity index (χ0v) is 12.2. The fourth-order valence-electron chi connectivity index (χ4n) is 1.50. The predicted molar refractivity (Wildman–Crippen MR) is 72.7 cm³/mol. The molecule has 0 aliphatic heterocycles. The van der Waals surface area contributed by atoms with Crippen LogP contribution in [0.3, 0.4) is 0 Å². The molecule has 0 bridgehead atoms. The zero-order chi connectivity index (χ0) is 11.3. The maximum absolute atomic E-state index is 3.50. The molecule has 1 rings (SSSR count). The van der Waals surface area contributed by atoms with Gasteiger partial charge in [-0.3, -0.25) is 0 Å². The van der Waals surface area contributed by atoms with Crippen LogP contribution in [0.1, 0.15) is 32.1 Å². The minimum absolute atomic E-state index is 0.395. The Kier molecular flexibility index (Phi) is 5.30. The fourth-order valence-corrected chi connectivity index (χ4v) is 2.98. The monoisotopic (exact) mass is 289 g/mol. The minimum Gasteiger partial charge on any atom is -0.316 e. The Bertz CT molecular complexity index is 294. The highest BCUT2D eigenvalue weighted by molar-refractivity contribution is 9.11. The van der Waals surface area contributed by atoms with E-state index in [2.05, 4.69) is 54.2 Å². The van der Waals surface area contributed by atoms with E-state index in [1.54, 1.807) is 0 Å². The summed E-state index contributed by atoms with van der Waals surface area (Å²) in [6.07, 6.45) is 2.43. The molecule has 1 aromatic rings. The standard InChI is InChI=1S/C12H20BrNS/c1-4-14-9-12(2,3)8-7-10-5-6-11(13)15-10/h5-6,14H,4,7-9H2,1-3H3. The summed E-state index contributed by atoms with van der Waals surface area (Å²) in [6, 6.07) is 4.36. The van der Waals surface area contributed by atoms with Crippen molar-refractivity contribution in [1.29, 1.82) is 0 Å². The van der Waals surface area contributed by atoms with E-state index in [0.29, 0.717) is 5.41 Å². The molecule has 0 aliphatic rings. The van der Waals surface area contributed by atoms with Crippen molar-refractivity contribution in [2.75, 3.05) is 13.1 Å². The molecule has 1 heterocycles. The second-order valence-electron chi connectivity index (χ2n) is 4.65. The van der Waals surface area contributed by atoms with Gasteiger partial charge in [0.1, 0.15) is 0 Å². The highest BCUT2D eigenvalue weighted by Gasteiger charge is 2.17. The van der Waals surface area contributed by atoms with Crippen molar-refractivity contribution in [3.8, 4) is 0 Å². The molecule has 3 heteroatoms. The van der Waals surface area contributed by atoms with Gasteiger partial charge in [0, 0.05) is 11.4 Å². The first-order valence-corrected chi connectivity index (χ1v) is 7.09. The SMILES string of the molecule is CCNCC(C)(C)CCc1ccc(Br)s1. The predicted octanol–water partition coefficient (Wildman–Crippen LogP) is 4.08. The lowest BCUT2D eigenvalue weighted by Crippen LogP contribution is -2.29. The van der Waals surface area contributed by atoms with E-state index in [0.717, 1.165) is 13.1 Å².